The summed E-state index contributed by atoms with van der Waals surface area (Å²) in [5, 5.41) is 10.2. The zero-order valence-electron chi connectivity index (χ0n) is 6.73. The van der Waals surface area contributed by atoms with Gasteiger partial charge in [0.05, 0.1) is 0 Å². The maximum atomic E-state index is 13.1. The first-order valence-corrected chi connectivity index (χ1v) is 4.48. The Balaban J connectivity index is 2.57. The average Bonchev–Trinajstić information content (AvgIpc) is 2.70. The van der Waals surface area contributed by atoms with Crippen LogP contribution in [-0.4, -0.2) is 16.1 Å². The topological polar surface area (TPSA) is 63.3 Å². The molecule has 4 nitrogen and oxygen atoms in total. The Kier molecular flexibility index (Phi) is 2.05. The molecular weight excluding hydrogens is 209 g/mol. The van der Waals surface area contributed by atoms with E-state index in [1.54, 1.807) is 0 Å². The van der Waals surface area contributed by atoms with Crippen molar-refractivity contribution in [2.75, 3.05) is 0 Å². The van der Waals surface area contributed by atoms with Crippen LogP contribution in [0.4, 0.5) is 4.39 Å². The van der Waals surface area contributed by atoms with Crippen molar-refractivity contribution in [1.29, 1.82) is 0 Å². The van der Waals surface area contributed by atoms with Crippen molar-refractivity contribution < 1.29 is 18.7 Å². The number of aromatic nitrogens is 1. The predicted molar refractivity (Wildman–Crippen MR) is 46.7 cm³/mol. The number of oxazole rings is 1. The van der Waals surface area contributed by atoms with Gasteiger partial charge in [0.25, 0.3) is 0 Å². The number of nitrogens with zero attached hydrogens (tertiary/aromatic N) is 1. The molecule has 14 heavy (non-hydrogen) atoms. The van der Waals surface area contributed by atoms with Crippen LogP contribution in [0, 0.1) is 5.82 Å². The van der Waals surface area contributed by atoms with Gasteiger partial charge in [-0.1, -0.05) is 0 Å². The summed E-state index contributed by atoms with van der Waals surface area (Å²) in [6.45, 7) is 0. The number of carboxylic acids is 1. The van der Waals surface area contributed by atoms with Crippen molar-refractivity contribution in [3.63, 3.8) is 0 Å². The SMILES string of the molecule is O=C(O)c1ncoc1-c1sccc1F. The summed E-state index contributed by atoms with van der Waals surface area (Å²) in [6, 6.07) is 1.24. The van der Waals surface area contributed by atoms with Gasteiger partial charge in [0.15, 0.2) is 17.8 Å². The molecular formula is C8H4FNO3S. The van der Waals surface area contributed by atoms with E-state index in [1.165, 1.54) is 11.4 Å². The van der Waals surface area contributed by atoms with Gasteiger partial charge in [-0.05, 0) is 11.4 Å². The highest BCUT2D eigenvalue weighted by molar-refractivity contribution is 7.13. The fourth-order valence-electron chi connectivity index (χ4n) is 1.02. The van der Waals surface area contributed by atoms with Crippen molar-refractivity contribution in [1.82, 2.24) is 4.98 Å². The lowest BCUT2D eigenvalue weighted by Crippen LogP contribution is -1.98. The molecule has 0 bridgehead atoms. The Morgan fingerprint density at radius 2 is 2.43 bits per heavy atom. The molecule has 0 saturated carbocycles. The van der Waals surface area contributed by atoms with Gasteiger partial charge in [0.1, 0.15) is 10.7 Å². The molecule has 72 valence electrons. The fourth-order valence-corrected chi connectivity index (χ4v) is 1.77. The standard InChI is InChI=1S/C8H4FNO3S/c9-4-1-2-14-7(4)6-5(8(11)12)10-3-13-6/h1-3H,(H,11,12). The molecule has 0 radical (unpaired) electrons. The minimum atomic E-state index is -1.23. The van der Waals surface area contributed by atoms with Crippen LogP contribution in [0.5, 0.6) is 0 Å². The average molecular weight is 213 g/mol. The fraction of sp³-hybridized carbons (Fsp3) is 0. The number of hydrogen-bond acceptors (Lipinski definition) is 4. The maximum absolute atomic E-state index is 13.1. The van der Waals surface area contributed by atoms with Gasteiger partial charge in [-0.3, -0.25) is 0 Å². The number of aromatic carboxylic acids is 1. The zero-order chi connectivity index (χ0) is 10.1. The van der Waals surface area contributed by atoms with Crippen LogP contribution in [0.1, 0.15) is 10.5 Å². The van der Waals surface area contributed by atoms with Crippen molar-refractivity contribution in [3.8, 4) is 10.6 Å². The summed E-state index contributed by atoms with van der Waals surface area (Å²) >= 11 is 1.07. The van der Waals surface area contributed by atoms with Crippen LogP contribution in [0.2, 0.25) is 0 Å². The van der Waals surface area contributed by atoms with Crippen LogP contribution >= 0.6 is 11.3 Å². The molecule has 0 atom stereocenters. The first-order valence-electron chi connectivity index (χ1n) is 3.60. The Bertz CT molecular complexity index is 476. The van der Waals surface area contributed by atoms with E-state index in [1.807, 2.05) is 0 Å². The first kappa shape index (κ1) is 8.89. The van der Waals surface area contributed by atoms with Gasteiger partial charge in [0.2, 0.25) is 0 Å². The summed E-state index contributed by atoms with van der Waals surface area (Å²) in [7, 11) is 0. The normalized spacial score (nSPS) is 10.4. The molecule has 0 fully saturated rings. The van der Waals surface area contributed by atoms with Gasteiger partial charge in [-0.2, -0.15) is 0 Å². The Morgan fingerprint density at radius 3 is 3.00 bits per heavy atom. The summed E-state index contributed by atoms with van der Waals surface area (Å²) in [5.74, 6) is -1.78. The molecule has 2 aromatic rings. The molecule has 0 aromatic carbocycles. The smallest absolute Gasteiger partial charge is 0.358 e. The molecule has 0 aliphatic carbocycles. The molecule has 0 aliphatic heterocycles. The molecule has 0 unspecified atom stereocenters. The van der Waals surface area contributed by atoms with E-state index >= 15 is 0 Å². The Hall–Kier alpha value is -1.69. The summed E-state index contributed by atoms with van der Waals surface area (Å²) in [5.41, 5.74) is -0.272. The monoisotopic (exact) mass is 213 g/mol. The quantitative estimate of drug-likeness (QED) is 0.830. The zero-order valence-corrected chi connectivity index (χ0v) is 7.55. The number of hydrogen-bond donors (Lipinski definition) is 1. The van der Waals surface area contributed by atoms with Crippen molar-refractivity contribution in [2.24, 2.45) is 0 Å². The van der Waals surface area contributed by atoms with Gasteiger partial charge in [0, 0.05) is 0 Å². The van der Waals surface area contributed by atoms with Gasteiger partial charge >= 0.3 is 5.97 Å². The van der Waals surface area contributed by atoms with Crippen LogP contribution in [-0.2, 0) is 0 Å². The highest BCUT2D eigenvalue weighted by Gasteiger charge is 2.20. The molecule has 0 spiro atoms. The highest BCUT2D eigenvalue weighted by atomic mass is 32.1. The number of thiophene rings is 1. The maximum Gasteiger partial charge on any atom is 0.358 e. The molecule has 2 heterocycles. The largest absolute Gasteiger partial charge is 0.476 e. The number of carboxylic acid groups (broad SMARTS) is 1. The Labute approximate surface area is 81.6 Å². The van der Waals surface area contributed by atoms with Crippen LogP contribution < -0.4 is 0 Å². The summed E-state index contributed by atoms with van der Waals surface area (Å²) in [6.07, 6.45) is 0.984. The van der Waals surface area contributed by atoms with E-state index in [0.717, 1.165) is 17.7 Å². The highest BCUT2D eigenvalue weighted by Crippen LogP contribution is 2.30. The minimum Gasteiger partial charge on any atom is -0.476 e. The Morgan fingerprint density at radius 1 is 1.64 bits per heavy atom. The van der Waals surface area contributed by atoms with E-state index < -0.39 is 11.8 Å². The third-order valence-corrected chi connectivity index (χ3v) is 2.48. The first-order chi connectivity index (χ1) is 6.70. The van der Waals surface area contributed by atoms with Crippen molar-refractivity contribution >= 4 is 17.3 Å². The molecule has 0 saturated heterocycles. The molecule has 2 rings (SSSR count). The molecule has 0 aliphatic rings. The number of rotatable bonds is 2. The third-order valence-electron chi connectivity index (χ3n) is 1.59. The number of carbonyl (C=O) groups is 1. The van der Waals surface area contributed by atoms with Gasteiger partial charge in [-0.25, -0.2) is 14.2 Å². The molecule has 0 amide bonds. The second-order valence-corrected chi connectivity index (χ2v) is 3.35. The lowest BCUT2D eigenvalue weighted by atomic mass is 10.3. The van der Waals surface area contributed by atoms with Crippen LogP contribution in [0.3, 0.4) is 0 Å². The van der Waals surface area contributed by atoms with Crippen LogP contribution in [0.25, 0.3) is 10.6 Å². The van der Waals surface area contributed by atoms with E-state index in [2.05, 4.69) is 4.98 Å². The second kappa shape index (κ2) is 3.22. The lowest BCUT2D eigenvalue weighted by molar-refractivity contribution is 0.0691. The lowest BCUT2D eigenvalue weighted by Gasteiger charge is -1.92. The van der Waals surface area contributed by atoms with Crippen molar-refractivity contribution in [3.05, 3.63) is 29.4 Å². The third kappa shape index (κ3) is 1.29. The minimum absolute atomic E-state index is 0.0370. The number of halogens is 1. The predicted octanol–water partition coefficient (Wildman–Crippen LogP) is 2.24. The van der Waals surface area contributed by atoms with Gasteiger partial charge < -0.3 is 9.52 Å². The summed E-state index contributed by atoms with van der Waals surface area (Å²) in [4.78, 5) is 14.3. The molecule has 1 N–H and O–H groups in total. The van der Waals surface area contributed by atoms with Gasteiger partial charge in [-0.15, -0.1) is 11.3 Å². The molecule has 6 heteroatoms. The van der Waals surface area contributed by atoms with Crippen molar-refractivity contribution in [2.45, 2.75) is 0 Å². The second-order valence-electron chi connectivity index (χ2n) is 2.43. The summed E-state index contributed by atoms with van der Waals surface area (Å²) < 4.78 is 17.9. The van der Waals surface area contributed by atoms with E-state index in [-0.39, 0.29) is 16.3 Å². The van der Waals surface area contributed by atoms with E-state index in [0.29, 0.717) is 0 Å². The van der Waals surface area contributed by atoms with Crippen LogP contribution in [0.15, 0.2) is 22.3 Å². The molecule has 2 aromatic heterocycles. The van der Waals surface area contributed by atoms with E-state index in [4.69, 9.17) is 9.52 Å². The van der Waals surface area contributed by atoms with E-state index in [9.17, 15) is 9.18 Å².